The molecule has 1 fully saturated rings. The summed E-state index contributed by atoms with van der Waals surface area (Å²) in [6, 6.07) is 15.2. The predicted molar refractivity (Wildman–Crippen MR) is 145 cm³/mol. The molecule has 9 nitrogen and oxygen atoms in total. The summed E-state index contributed by atoms with van der Waals surface area (Å²) < 4.78 is 16.7. The molecule has 1 atom stereocenters. The van der Waals surface area contributed by atoms with Crippen LogP contribution in [-0.2, 0) is 14.3 Å². The predicted octanol–water partition coefficient (Wildman–Crippen LogP) is 5.13. The average molecular weight is 563 g/mol. The second kappa shape index (κ2) is 9.72. The number of thiazole rings is 1. The summed E-state index contributed by atoms with van der Waals surface area (Å²) >= 11 is 7.34. The summed E-state index contributed by atoms with van der Waals surface area (Å²) in [6.07, 6.45) is 0. The first-order valence-electron chi connectivity index (χ1n) is 11.8. The number of nitrogens with zero attached hydrogens (tertiary/aromatic N) is 2. The maximum Gasteiger partial charge on any atom is 0.337 e. The number of hydrogen-bond acceptors (Lipinski definition) is 9. The highest BCUT2D eigenvalue weighted by Gasteiger charge is 2.48. The number of esters is 1. The first-order chi connectivity index (χ1) is 18.9. The smallest absolute Gasteiger partial charge is 0.337 e. The quantitative estimate of drug-likeness (QED) is 0.157. The lowest BCUT2D eigenvalue weighted by molar-refractivity contribution is -0.132. The van der Waals surface area contributed by atoms with Crippen LogP contribution in [0.3, 0.4) is 0 Å². The molecule has 0 unspecified atom stereocenters. The van der Waals surface area contributed by atoms with Crippen LogP contribution in [0, 0.1) is 0 Å². The Labute approximate surface area is 230 Å². The third-order valence-electron chi connectivity index (χ3n) is 6.45. The molecule has 2 aliphatic rings. The van der Waals surface area contributed by atoms with Gasteiger partial charge in [-0.15, -0.1) is 0 Å². The molecule has 0 spiro atoms. The number of amides is 1. The van der Waals surface area contributed by atoms with Crippen molar-refractivity contribution in [3.63, 3.8) is 0 Å². The number of ketones is 1. The van der Waals surface area contributed by atoms with Gasteiger partial charge in [0, 0.05) is 10.6 Å². The van der Waals surface area contributed by atoms with E-state index in [2.05, 4.69) is 4.98 Å². The molecule has 1 saturated heterocycles. The summed E-state index contributed by atoms with van der Waals surface area (Å²) in [5, 5.41) is 12.2. The molecule has 0 aliphatic carbocycles. The summed E-state index contributed by atoms with van der Waals surface area (Å²) in [6.45, 7) is 0.744. The standard InChI is InChI=1S/C28H19ClN2O7S/c1-36-27(35)15-4-2-14(3-5-15)23-22(24(32)16-6-9-19-20(12-16)38-11-10-37-19)25(33)26(34)31(23)28-30-18-8-7-17(29)13-21(18)39-28/h2-9,12-13,23,32H,10-11H2,1H3/b24-22+/t23-/m0/s1. The van der Waals surface area contributed by atoms with Crippen molar-refractivity contribution >= 4 is 61.7 Å². The lowest BCUT2D eigenvalue weighted by Gasteiger charge is -2.23. The third-order valence-corrected chi connectivity index (χ3v) is 7.71. The molecule has 3 heterocycles. The fourth-order valence-corrected chi connectivity index (χ4v) is 5.87. The number of carbonyl (C=O) groups is 3. The highest BCUT2D eigenvalue weighted by atomic mass is 35.5. The van der Waals surface area contributed by atoms with Crippen LogP contribution in [0.1, 0.15) is 27.5 Å². The summed E-state index contributed by atoms with van der Waals surface area (Å²) in [5.74, 6) is -1.69. The fourth-order valence-electron chi connectivity index (χ4n) is 4.60. The number of hydrogen-bond donors (Lipinski definition) is 1. The van der Waals surface area contributed by atoms with Crippen LogP contribution in [0.2, 0.25) is 5.02 Å². The van der Waals surface area contributed by atoms with E-state index >= 15 is 0 Å². The topological polar surface area (TPSA) is 115 Å². The number of methoxy groups -OCH3 is 1. The lowest BCUT2D eigenvalue weighted by atomic mass is 9.94. The molecule has 0 saturated carbocycles. The molecule has 1 aromatic heterocycles. The Bertz CT molecular complexity index is 1700. The van der Waals surface area contributed by atoms with Crippen molar-refractivity contribution in [1.82, 2.24) is 4.98 Å². The number of fused-ring (bicyclic) bond motifs is 2. The number of aliphatic hydroxyl groups is 1. The number of benzene rings is 3. The SMILES string of the molecule is COC(=O)c1ccc([C@H]2/C(=C(\O)c3ccc4c(c3)OCCO4)C(=O)C(=O)N2c2nc3ccc(Cl)cc3s2)cc1. The van der Waals surface area contributed by atoms with Gasteiger partial charge in [-0.2, -0.15) is 0 Å². The van der Waals surface area contributed by atoms with E-state index in [1.165, 1.54) is 35.5 Å². The van der Waals surface area contributed by atoms with Gasteiger partial charge >= 0.3 is 11.9 Å². The number of ether oxygens (including phenoxy) is 3. The molecule has 3 aromatic carbocycles. The molecule has 1 amide bonds. The lowest BCUT2D eigenvalue weighted by Crippen LogP contribution is -2.29. The first kappa shape index (κ1) is 24.9. The minimum absolute atomic E-state index is 0.125. The molecule has 39 heavy (non-hydrogen) atoms. The number of rotatable bonds is 4. The van der Waals surface area contributed by atoms with E-state index in [1.54, 1.807) is 48.5 Å². The molecular formula is C28H19ClN2O7S. The molecule has 4 aromatic rings. The van der Waals surface area contributed by atoms with Crippen molar-refractivity contribution in [2.75, 3.05) is 25.2 Å². The summed E-state index contributed by atoms with van der Waals surface area (Å²) in [4.78, 5) is 44.8. The minimum atomic E-state index is -1.03. The van der Waals surface area contributed by atoms with Gasteiger partial charge in [0.25, 0.3) is 5.78 Å². The molecule has 1 N–H and O–H groups in total. The normalized spacial score (nSPS) is 18.0. The first-order valence-corrected chi connectivity index (χ1v) is 13.0. The largest absolute Gasteiger partial charge is 0.507 e. The zero-order valence-corrected chi connectivity index (χ0v) is 21.9. The minimum Gasteiger partial charge on any atom is -0.507 e. The van der Waals surface area contributed by atoms with E-state index in [0.29, 0.717) is 46.4 Å². The Morgan fingerprint density at radius 2 is 1.74 bits per heavy atom. The Hall–Kier alpha value is -4.41. The van der Waals surface area contributed by atoms with Crippen molar-refractivity contribution in [2.24, 2.45) is 0 Å². The van der Waals surface area contributed by atoms with Crippen molar-refractivity contribution in [1.29, 1.82) is 0 Å². The number of aliphatic hydroxyl groups excluding tert-OH is 1. The van der Waals surface area contributed by atoms with Crippen LogP contribution in [0.15, 0.2) is 66.2 Å². The van der Waals surface area contributed by atoms with Gasteiger partial charge in [0.2, 0.25) is 0 Å². The van der Waals surface area contributed by atoms with Gasteiger partial charge in [-0.25, -0.2) is 9.78 Å². The molecule has 2 aliphatic heterocycles. The Morgan fingerprint density at radius 3 is 2.49 bits per heavy atom. The molecule has 0 bridgehead atoms. The second-order valence-corrected chi connectivity index (χ2v) is 10.2. The van der Waals surface area contributed by atoms with Crippen LogP contribution >= 0.6 is 22.9 Å². The Morgan fingerprint density at radius 1 is 1.03 bits per heavy atom. The van der Waals surface area contributed by atoms with Crippen molar-refractivity contribution in [2.45, 2.75) is 6.04 Å². The zero-order chi connectivity index (χ0) is 27.3. The maximum atomic E-state index is 13.5. The van der Waals surface area contributed by atoms with Gasteiger partial charge in [0.1, 0.15) is 19.0 Å². The highest BCUT2D eigenvalue weighted by molar-refractivity contribution is 7.22. The van der Waals surface area contributed by atoms with Crippen molar-refractivity contribution < 1.29 is 33.7 Å². The van der Waals surface area contributed by atoms with Gasteiger partial charge in [0.15, 0.2) is 16.6 Å². The van der Waals surface area contributed by atoms with Gasteiger partial charge in [0.05, 0.1) is 34.5 Å². The molecule has 6 rings (SSSR count). The number of Topliss-reactive ketones (excluding diaryl/α,β-unsaturated/α-hetero) is 1. The third kappa shape index (κ3) is 4.27. The van der Waals surface area contributed by atoms with Crippen LogP contribution in [-0.4, -0.2) is 48.1 Å². The summed E-state index contributed by atoms with van der Waals surface area (Å²) in [5.41, 5.74) is 1.54. The van der Waals surface area contributed by atoms with Gasteiger partial charge in [-0.05, 0) is 54.1 Å². The average Bonchev–Trinajstić information content (AvgIpc) is 3.49. The highest BCUT2D eigenvalue weighted by Crippen LogP contribution is 2.45. The van der Waals surface area contributed by atoms with Gasteiger partial charge < -0.3 is 19.3 Å². The molecule has 11 heteroatoms. The Kier molecular flexibility index (Phi) is 6.20. The van der Waals surface area contributed by atoms with E-state index in [9.17, 15) is 19.5 Å². The van der Waals surface area contributed by atoms with Gasteiger partial charge in [-0.3, -0.25) is 14.5 Å². The van der Waals surface area contributed by atoms with E-state index in [0.717, 1.165) is 4.70 Å². The molecular weight excluding hydrogens is 544 g/mol. The van der Waals surface area contributed by atoms with Crippen LogP contribution in [0.25, 0.3) is 16.0 Å². The van der Waals surface area contributed by atoms with E-state index < -0.39 is 23.7 Å². The number of halogens is 1. The van der Waals surface area contributed by atoms with E-state index in [1.807, 2.05) is 0 Å². The van der Waals surface area contributed by atoms with E-state index in [4.69, 9.17) is 25.8 Å². The maximum absolute atomic E-state index is 13.5. The second-order valence-electron chi connectivity index (χ2n) is 8.75. The monoisotopic (exact) mass is 562 g/mol. The van der Waals surface area contributed by atoms with Crippen LogP contribution in [0.5, 0.6) is 11.5 Å². The van der Waals surface area contributed by atoms with Crippen LogP contribution < -0.4 is 14.4 Å². The number of carbonyl (C=O) groups excluding carboxylic acids is 3. The fraction of sp³-hybridized carbons (Fsp3) is 0.143. The van der Waals surface area contributed by atoms with Crippen LogP contribution in [0.4, 0.5) is 5.13 Å². The molecule has 0 radical (unpaired) electrons. The number of aromatic nitrogens is 1. The van der Waals surface area contributed by atoms with Crippen molar-refractivity contribution in [3.8, 4) is 11.5 Å². The van der Waals surface area contributed by atoms with Gasteiger partial charge in [-0.1, -0.05) is 35.1 Å². The number of anilines is 1. The van der Waals surface area contributed by atoms with Crippen molar-refractivity contribution in [3.05, 3.63) is 87.9 Å². The molecule has 196 valence electrons. The van der Waals surface area contributed by atoms with E-state index in [-0.39, 0.29) is 22.0 Å². The zero-order valence-electron chi connectivity index (χ0n) is 20.3. The summed E-state index contributed by atoms with van der Waals surface area (Å²) in [7, 11) is 1.28. The Balaban J connectivity index is 1.52.